The Balaban J connectivity index is 1.92. The maximum Gasteiger partial charge on any atom is 0.119 e. The number of hydrogen-bond acceptors (Lipinski definition) is 2. The van der Waals surface area contributed by atoms with E-state index in [4.69, 9.17) is 9.84 Å². The largest absolute Gasteiger partial charge is 0.490 e. The van der Waals surface area contributed by atoms with Gasteiger partial charge in [0, 0.05) is 6.61 Å². The molecule has 1 aliphatic rings. The van der Waals surface area contributed by atoms with Gasteiger partial charge in [-0.25, -0.2) is 0 Å². The zero-order chi connectivity index (χ0) is 11.2. The highest BCUT2D eigenvalue weighted by Gasteiger charge is 2.16. The maximum absolute atomic E-state index is 8.80. The van der Waals surface area contributed by atoms with Gasteiger partial charge in [-0.15, -0.1) is 0 Å². The Labute approximate surface area is 97.3 Å². The second-order valence-corrected chi connectivity index (χ2v) is 4.50. The van der Waals surface area contributed by atoms with Gasteiger partial charge in [-0.1, -0.05) is 12.1 Å². The third-order valence-corrected chi connectivity index (χ3v) is 3.13. The van der Waals surface area contributed by atoms with Gasteiger partial charge in [-0.3, -0.25) is 0 Å². The summed E-state index contributed by atoms with van der Waals surface area (Å²) < 4.78 is 5.93. The molecular weight excluding hydrogens is 200 g/mol. The molecule has 0 aliphatic heterocycles. The average molecular weight is 220 g/mol. The fourth-order valence-electron chi connectivity index (χ4n) is 2.26. The molecule has 0 atom stereocenters. The van der Waals surface area contributed by atoms with E-state index in [1.807, 2.05) is 12.1 Å². The molecule has 0 amide bonds. The van der Waals surface area contributed by atoms with E-state index in [9.17, 15) is 0 Å². The summed E-state index contributed by atoms with van der Waals surface area (Å²) in [5.74, 6) is 0.988. The molecule has 0 spiro atoms. The number of aliphatic hydroxyl groups excluding tert-OH is 1. The van der Waals surface area contributed by atoms with Crippen LogP contribution in [-0.2, 0) is 6.42 Å². The van der Waals surface area contributed by atoms with Gasteiger partial charge < -0.3 is 9.84 Å². The van der Waals surface area contributed by atoms with Crippen LogP contribution in [0.5, 0.6) is 5.75 Å². The van der Waals surface area contributed by atoms with Crippen LogP contribution in [0.15, 0.2) is 24.3 Å². The van der Waals surface area contributed by atoms with Gasteiger partial charge in [0.15, 0.2) is 0 Å². The van der Waals surface area contributed by atoms with Crippen molar-refractivity contribution in [2.75, 3.05) is 6.61 Å². The monoisotopic (exact) mass is 220 g/mol. The molecule has 2 heteroatoms. The first-order chi connectivity index (χ1) is 7.88. The van der Waals surface area contributed by atoms with E-state index in [-0.39, 0.29) is 6.61 Å². The highest BCUT2D eigenvalue weighted by Crippen LogP contribution is 2.24. The lowest BCUT2D eigenvalue weighted by Crippen LogP contribution is -2.10. The lowest BCUT2D eigenvalue weighted by Gasteiger charge is -2.13. The molecule has 0 saturated heterocycles. The Morgan fingerprint density at radius 2 is 2.06 bits per heavy atom. The SMILES string of the molecule is OCCCc1cccc(OC2CCCC2)c1. The van der Waals surface area contributed by atoms with Crippen LogP contribution >= 0.6 is 0 Å². The van der Waals surface area contributed by atoms with Crippen molar-refractivity contribution in [1.82, 2.24) is 0 Å². The van der Waals surface area contributed by atoms with E-state index in [1.165, 1.54) is 31.2 Å². The lowest BCUT2D eigenvalue weighted by molar-refractivity contribution is 0.210. The van der Waals surface area contributed by atoms with Gasteiger partial charge in [0.25, 0.3) is 0 Å². The average Bonchev–Trinajstić information content (AvgIpc) is 2.80. The van der Waals surface area contributed by atoms with Crippen LogP contribution in [0.25, 0.3) is 0 Å². The Morgan fingerprint density at radius 1 is 1.25 bits per heavy atom. The topological polar surface area (TPSA) is 29.5 Å². The molecule has 1 aromatic carbocycles. The maximum atomic E-state index is 8.80. The van der Waals surface area contributed by atoms with Crippen LogP contribution in [0.2, 0.25) is 0 Å². The molecular formula is C14H20O2. The van der Waals surface area contributed by atoms with Crippen molar-refractivity contribution in [3.63, 3.8) is 0 Å². The Hall–Kier alpha value is -1.02. The van der Waals surface area contributed by atoms with Crippen molar-refractivity contribution in [2.24, 2.45) is 0 Å². The third-order valence-electron chi connectivity index (χ3n) is 3.13. The fraction of sp³-hybridized carbons (Fsp3) is 0.571. The first-order valence-corrected chi connectivity index (χ1v) is 6.25. The molecule has 1 N–H and O–H groups in total. The fourth-order valence-corrected chi connectivity index (χ4v) is 2.26. The van der Waals surface area contributed by atoms with E-state index in [0.29, 0.717) is 6.10 Å². The predicted molar refractivity (Wildman–Crippen MR) is 64.7 cm³/mol. The standard InChI is InChI=1S/C14H20O2/c15-10-4-6-12-5-3-9-14(11-12)16-13-7-1-2-8-13/h3,5,9,11,13,15H,1-2,4,6-8,10H2. The Kier molecular flexibility index (Phi) is 4.23. The van der Waals surface area contributed by atoms with E-state index in [2.05, 4.69) is 12.1 Å². The summed E-state index contributed by atoms with van der Waals surface area (Å²) >= 11 is 0. The van der Waals surface area contributed by atoms with Gasteiger partial charge in [0.1, 0.15) is 5.75 Å². The smallest absolute Gasteiger partial charge is 0.119 e. The summed E-state index contributed by atoms with van der Waals surface area (Å²) in [6.07, 6.45) is 7.17. The summed E-state index contributed by atoms with van der Waals surface area (Å²) in [4.78, 5) is 0. The van der Waals surface area contributed by atoms with Crippen LogP contribution < -0.4 is 4.74 Å². The summed E-state index contributed by atoms with van der Waals surface area (Å²) in [6, 6.07) is 8.27. The number of aryl methyl sites for hydroxylation is 1. The number of aliphatic hydroxyl groups is 1. The van der Waals surface area contributed by atoms with Crippen molar-refractivity contribution in [1.29, 1.82) is 0 Å². The molecule has 0 aromatic heterocycles. The highest BCUT2D eigenvalue weighted by molar-refractivity contribution is 5.28. The van der Waals surface area contributed by atoms with Crippen molar-refractivity contribution < 1.29 is 9.84 Å². The molecule has 0 radical (unpaired) electrons. The molecule has 2 nitrogen and oxygen atoms in total. The molecule has 1 aromatic rings. The quantitative estimate of drug-likeness (QED) is 0.826. The minimum Gasteiger partial charge on any atom is -0.490 e. The first kappa shape index (κ1) is 11.5. The van der Waals surface area contributed by atoms with Crippen molar-refractivity contribution >= 4 is 0 Å². The summed E-state index contributed by atoms with van der Waals surface area (Å²) in [6.45, 7) is 0.258. The summed E-state index contributed by atoms with van der Waals surface area (Å²) in [5, 5.41) is 8.80. The molecule has 0 bridgehead atoms. The lowest BCUT2D eigenvalue weighted by atomic mass is 10.1. The van der Waals surface area contributed by atoms with Gasteiger partial charge >= 0.3 is 0 Å². The van der Waals surface area contributed by atoms with E-state index in [1.54, 1.807) is 0 Å². The zero-order valence-electron chi connectivity index (χ0n) is 9.69. The number of ether oxygens (including phenoxy) is 1. The van der Waals surface area contributed by atoms with Gasteiger partial charge in [-0.05, 0) is 56.2 Å². The van der Waals surface area contributed by atoms with Gasteiger partial charge in [0.2, 0.25) is 0 Å². The summed E-state index contributed by atoms with van der Waals surface area (Å²) in [5.41, 5.74) is 1.25. The van der Waals surface area contributed by atoms with Crippen LogP contribution in [0.1, 0.15) is 37.7 Å². The molecule has 88 valence electrons. The minimum atomic E-state index is 0.258. The molecule has 2 rings (SSSR count). The number of benzene rings is 1. The van der Waals surface area contributed by atoms with Crippen LogP contribution in [0.3, 0.4) is 0 Å². The second kappa shape index (κ2) is 5.90. The van der Waals surface area contributed by atoms with Gasteiger partial charge in [0.05, 0.1) is 6.10 Å². The Morgan fingerprint density at radius 3 is 2.81 bits per heavy atom. The molecule has 0 unspecified atom stereocenters. The van der Waals surface area contributed by atoms with Crippen LogP contribution in [0.4, 0.5) is 0 Å². The zero-order valence-corrected chi connectivity index (χ0v) is 9.69. The van der Waals surface area contributed by atoms with Crippen LogP contribution in [0, 0.1) is 0 Å². The third kappa shape index (κ3) is 3.24. The molecule has 1 fully saturated rings. The molecule has 16 heavy (non-hydrogen) atoms. The minimum absolute atomic E-state index is 0.258. The van der Waals surface area contributed by atoms with E-state index >= 15 is 0 Å². The number of rotatable bonds is 5. The normalized spacial score (nSPS) is 16.6. The second-order valence-electron chi connectivity index (χ2n) is 4.50. The molecule has 0 heterocycles. The van der Waals surface area contributed by atoms with Crippen molar-refractivity contribution in [3.05, 3.63) is 29.8 Å². The summed E-state index contributed by atoms with van der Waals surface area (Å²) in [7, 11) is 0. The van der Waals surface area contributed by atoms with E-state index in [0.717, 1.165) is 18.6 Å². The Bertz CT molecular complexity index is 316. The van der Waals surface area contributed by atoms with Crippen molar-refractivity contribution in [2.45, 2.75) is 44.6 Å². The van der Waals surface area contributed by atoms with Crippen LogP contribution in [-0.4, -0.2) is 17.8 Å². The van der Waals surface area contributed by atoms with Crippen molar-refractivity contribution in [3.8, 4) is 5.75 Å². The van der Waals surface area contributed by atoms with E-state index < -0.39 is 0 Å². The first-order valence-electron chi connectivity index (χ1n) is 6.25. The predicted octanol–water partition coefficient (Wildman–Crippen LogP) is 2.93. The van der Waals surface area contributed by atoms with Gasteiger partial charge in [-0.2, -0.15) is 0 Å². The molecule has 1 saturated carbocycles. The highest BCUT2D eigenvalue weighted by atomic mass is 16.5. The molecule has 1 aliphatic carbocycles. The number of hydrogen-bond donors (Lipinski definition) is 1.